The SMILES string of the molecule is O=C(CCc1nc2ccccc2[nH]1)N1CC(CO)C1. The van der Waals surface area contributed by atoms with Crippen LogP contribution >= 0.6 is 0 Å². The summed E-state index contributed by atoms with van der Waals surface area (Å²) in [5.74, 6) is 1.27. The van der Waals surface area contributed by atoms with Crippen LogP contribution in [0.15, 0.2) is 24.3 Å². The predicted molar refractivity (Wildman–Crippen MR) is 71.6 cm³/mol. The Labute approximate surface area is 111 Å². The highest BCUT2D eigenvalue weighted by atomic mass is 16.3. The summed E-state index contributed by atoms with van der Waals surface area (Å²) >= 11 is 0. The molecule has 0 bridgehead atoms. The number of carbonyl (C=O) groups is 1. The normalized spacial score (nSPS) is 15.7. The van der Waals surface area contributed by atoms with Gasteiger partial charge in [0.05, 0.1) is 11.0 Å². The van der Waals surface area contributed by atoms with Crippen molar-refractivity contribution in [2.75, 3.05) is 19.7 Å². The average Bonchev–Trinajstić information content (AvgIpc) is 2.77. The van der Waals surface area contributed by atoms with Gasteiger partial charge < -0.3 is 15.0 Å². The number of para-hydroxylation sites is 2. The molecule has 0 radical (unpaired) electrons. The fraction of sp³-hybridized carbons (Fsp3) is 0.429. The smallest absolute Gasteiger partial charge is 0.223 e. The van der Waals surface area contributed by atoms with Gasteiger partial charge in [-0.1, -0.05) is 12.1 Å². The summed E-state index contributed by atoms with van der Waals surface area (Å²) in [6.45, 7) is 1.55. The molecule has 2 heterocycles. The molecule has 1 fully saturated rings. The maximum Gasteiger partial charge on any atom is 0.223 e. The van der Waals surface area contributed by atoms with E-state index in [4.69, 9.17) is 5.11 Å². The number of aromatic amines is 1. The van der Waals surface area contributed by atoms with Crippen LogP contribution in [0, 0.1) is 5.92 Å². The molecule has 0 spiro atoms. The number of hydrogen-bond donors (Lipinski definition) is 2. The van der Waals surface area contributed by atoms with E-state index >= 15 is 0 Å². The van der Waals surface area contributed by atoms with E-state index in [-0.39, 0.29) is 18.4 Å². The molecule has 1 aliphatic rings. The van der Waals surface area contributed by atoms with E-state index in [1.165, 1.54) is 0 Å². The number of nitrogens with one attached hydrogen (secondary N) is 1. The van der Waals surface area contributed by atoms with Crippen LogP contribution in [-0.2, 0) is 11.2 Å². The Morgan fingerprint density at radius 1 is 1.42 bits per heavy atom. The van der Waals surface area contributed by atoms with Gasteiger partial charge >= 0.3 is 0 Å². The first kappa shape index (κ1) is 12.2. The van der Waals surface area contributed by atoms with Crippen molar-refractivity contribution in [1.29, 1.82) is 0 Å². The van der Waals surface area contributed by atoms with Gasteiger partial charge in [-0.15, -0.1) is 0 Å². The molecule has 1 aliphatic heterocycles. The number of likely N-dealkylation sites (tertiary alicyclic amines) is 1. The zero-order valence-electron chi connectivity index (χ0n) is 10.7. The average molecular weight is 259 g/mol. The fourth-order valence-corrected chi connectivity index (χ4v) is 2.40. The van der Waals surface area contributed by atoms with Gasteiger partial charge in [-0.05, 0) is 12.1 Å². The number of hydrogen-bond acceptors (Lipinski definition) is 3. The number of aliphatic hydroxyl groups excluding tert-OH is 1. The van der Waals surface area contributed by atoms with Crippen molar-refractivity contribution in [3.05, 3.63) is 30.1 Å². The number of benzene rings is 1. The molecule has 1 amide bonds. The van der Waals surface area contributed by atoms with E-state index in [9.17, 15) is 4.79 Å². The minimum atomic E-state index is 0.144. The lowest BCUT2D eigenvalue weighted by Gasteiger charge is -2.38. The van der Waals surface area contributed by atoms with Crippen LogP contribution in [0.4, 0.5) is 0 Å². The second kappa shape index (κ2) is 5.01. The van der Waals surface area contributed by atoms with Crippen molar-refractivity contribution in [2.24, 2.45) is 5.92 Å². The third-order valence-corrected chi connectivity index (χ3v) is 3.58. The van der Waals surface area contributed by atoms with Gasteiger partial charge in [0.1, 0.15) is 5.82 Å². The Balaban J connectivity index is 1.56. The summed E-state index contributed by atoms with van der Waals surface area (Å²) < 4.78 is 0. The summed E-state index contributed by atoms with van der Waals surface area (Å²) in [5.41, 5.74) is 1.95. The molecule has 0 aliphatic carbocycles. The quantitative estimate of drug-likeness (QED) is 0.858. The molecular weight excluding hydrogens is 242 g/mol. The lowest BCUT2D eigenvalue weighted by atomic mass is 10.0. The first-order valence-corrected chi connectivity index (χ1v) is 6.58. The minimum absolute atomic E-state index is 0.144. The molecule has 5 heteroatoms. The Morgan fingerprint density at radius 3 is 2.95 bits per heavy atom. The number of H-pyrrole nitrogens is 1. The molecule has 2 aromatic rings. The Kier molecular flexibility index (Phi) is 3.21. The van der Waals surface area contributed by atoms with Crippen molar-refractivity contribution in [1.82, 2.24) is 14.9 Å². The van der Waals surface area contributed by atoms with Crippen molar-refractivity contribution in [3.63, 3.8) is 0 Å². The third kappa shape index (κ3) is 2.46. The topological polar surface area (TPSA) is 69.2 Å². The summed E-state index contributed by atoms with van der Waals surface area (Å²) in [4.78, 5) is 21.3. The highest BCUT2D eigenvalue weighted by Gasteiger charge is 2.29. The number of carbonyl (C=O) groups excluding carboxylic acids is 1. The lowest BCUT2D eigenvalue weighted by molar-refractivity contribution is -0.138. The van der Waals surface area contributed by atoms with Crippen LogP contribution in [0.25, 0.3) is 11.0 Å². The number of nitrogens with zero attached hydrogens (tertiary/aromatic N) is 2. The second-order valence-electron chi connectivity index (χ2n) is 5.05. The Morgan fingerprint density at radius 2 is 2.21 bits per heavy atom. The van der Waals surface area contributed by atoms with E-state index in [1.807, 2.05) is 24.3 Å². The first-order chi connectivity index (χ1) is 9.26. The fourth-order valence-electron chi connectivity index (χ4n) is 2.40. The highest BCUT2D eigenvalue weighted by Crippen LogP contribution is 2.17. The first-order valence-electron chi connectivity index (χ1n) is 6.58. The molecule has 0 atom stereocenters. The van der Waals surface area contributed by atoms with Gasteiger partial charge in [0.2, 0.25) is 5.91 Å². The van der Waals surface area contributed by atoms with Gasteiger partial charge in [-0.3, -0.25) is 4.79 Å². The zero-order chi connectivity index (χ0) is 13.2. The van der Waals surface area contributed by atoms with Gasteiger partial charge in [-0.2, -0.15) is 0 Å². The number of amides is 1. The standard InChI is InChI=1S/C14H17N3O2/c18-9-10-7-17(8-10)14(19)6-5-13-15-11-3-1-2-4-12(11)16-13/h1-4,10,18H,5-9H2,(H,15,16). The van der Waals surface area contributed by atoms with Crippen LogP contribution in [0.2, 0.25) is 0 Å². The predicted octanol–water partition coefficient (Wildman–Crippen LogP) is 0.946. The molecule has 5 nitrogen and oxygen atoms in total. The van der Waals surface area contributed by atoms with Gasteiger partial charge in [0.15, 0.2) is 0 Å². The maximum atomic E-state index is 11.9. The molecule has 1 aromatic heterocycles. The van der Waals surface area contributed by atoms with Gasteiger partial charge in [-0.25, -0.2) is 4.98 Å². The molecule has 19 heavy (non-hydrogen) atoms. The van der Waals surface area contributed by atoms with E-state index in [2.05, 4.69) is 9.97 Å². The number of fused-ring (bicyclic) bond motifs is 1. The van der Waals surface area contributed by atoms with Crippen LogP contribution in [0.1, 0.15) is 12.2 Å². The molecule has 0 unspecified atom stereocenters. The number of aryl methyl sites for hydroxylation is 1. The van der Waals surface area contributed by atoms with Crippen LogP contribution < -0.4 is 0 Å². The van der Waals surface area contributed by atoms with Crippen LogP contribution in [-0.4, -0.2) is 45.6 Å². The summed E-state index contributed by atoms with van der Waals surface area (Å²) in [6.07, 6.45) is 1.10. The number of aliphatic hydroxyl groups is 1. The second-order valence-corrected chi connectivity index (χ2v) is 5.05. The van der Waals surface area contributed by atoms with Gasteiger partial charge in [0.25, 0.3) is 0 Å². The minimum Gasteiger partial charge on any atom is -0.396 e. The van der Waals surface area contributed by atoms with Crippen LogP contribution in [0.3, 0.4) is 0 Å². The number of rotatable bonds is 4. The molecule has 3 rings (SSSR count). The summed E-state index contributed by atoms with van der Waals surface area (Å²) in [5, 5.41) is 8.92. The lowest BCUT2D eigenvalue weighted by Crippen LogP contribution is -2.51. The van der Waals surface area contributed by atoms with Gasteiger partial charge in [0, 0.05) is 38.5 Å². The Hall–Kier alpha value is -1.88. The maximum absolute atomic E-state index is 11.9. The molecule has 1 saturated heterocycles. The van der Waals surface area contributed by atoms with E-state index in [1.54, 1.807) is 4.90 Å². The Bertz CT molecular complexity index is 554. The molecule has 100 valence electrons. The summed E-state index contributed by atoms with van der Waals surface area (Å²) in [6, 6.07) is 7.85. The van der Waals surface area contributed by atoms with E-state index < -0.39 is 0 Å². The largest absolute Gasteiger partial charge is 0.396 e. The third-order valence-electron chi connectivity index (χ3n) is 3.58. The zero-order valence-corrected chi connectivity index (χ0v) is 10.7. The molecule has 1 aromatic carbocycles. The monoisotopic (exact) mass is 259 g/mol. The van der Waals surface area contributed by atoms with Crippen molar-refractivity contribution >= 4 is 16.9 Å². The summed E-state index contributed by atoms with van der Waals surface area (Å²) in [7, 11) is 0. The van der Waals surface area contributed by atoms with Crippen molar-refractivity contribution < 1.29 is 9.90 Å². The van der Waals surface area contributed by atoms with Crippen molar-refractivity contribution in [3.8, 4) is 0 Å². The van der Waals surface area contributed by atoms with Crippen molar-refractivity contribution in [2.45, 2.75) is 12.8 Å². The van der Waals surface area contributed by atoms with E-state index in [0.717, 1.165) is 16.9 Å². The molecule has 2 N–H and O–H groups in total. The van der Waals surface area contributed by atoms with E-state index in [0.29, 0.717) is 25.9 Å². The van der Waals surface area contributed by atoms with Crippen LogP contribution in [0.5, 0.6) is 0 Å². The molecule has 0 saturated carbocycles. The molecular formula is C14H17N3O2. The number of imidazole rings is 1. The number of aromatic nitrogens is 2. The highest BCUT2D eigenvalue weighted by molar-refractivity contribution is 5.78.